The predicted octanol–water partition coefficient (Wildman–Crippen LogP) is 0.918. The van der Waals surface area contributed by atoms with Crippen LogP contribution in [0.1, 0.15) is 10.4 Å². The van der Waals surface area contributed by atoms with E-state index in [0.717, 1.165) is 0 Å². The van der Waals surface area contributed by atoms with Gasteiger partial charge in [-0.05, 0) is 0 Å². The molecule has 0 radical (unpaired) electrons. The maximum absolute atomic E-state index is 13.9. The SMILES string of the molecule is [CH3][Sb]([CH3])[NH]c1cc(F)c(C(=O)NCC=O)c(P)c1. The van der Waals surface area contributed by atoms with Crippen molar-refractivity contribution in [1.29, 1.82) is 0 Å². The van der Waals surface area contributed by atoms with Crippen LogP contribution in [0.3, 0.4) is 0 Å². The van der Waals surface area contributed by atoms with E-state index in [1.807, 2.05) is 0 Å². The zero-order valence-corrected chi connectivity index (χ0v) is 13.9. The van der Waals surface area contributed by atoms with Crippen molar-refractivity contribution in [3.8, 4) is 0 Å². The molecular formula is C11H15FN2O2PSb. The normalized spacial score (nSPS) is 10.3. The molecular weight excluding hydrogens is 364 g/mol. The Labute approximate surface area is 115 Å². The molecule has 1 aromatic carbocycles. The molecule has 1 atom stereocenters. The average molecular weight is 379 g/mol. The fourth-order valence-corrected chi connectivity index (χ4v) is 3.70. The Hall–Kier alpha value is -0.662. The van der Waals surface area contributed by atoms with E-state index in [4.69, 9.17) is 0 Å². The Bertz CT molecular complexity index is 445. The van der Waals surface area contributed by atoms with Gasteiger partial charge in [-0.15, -0.1) is 0 Å². The summed E-state index contributed by atoms with van der Waals surface area (Å²) >= 11 is -1.47. The molecule has 98 valence electrons. The van der Waals surface area contributed by atoms with Crippen molar-refractivity contribution in [2.24, 2.45) is 0 Å². The number of halogens is 1. The molecule has 7 heteroatoms. The number of carbonyl (C=O) groups is 2. The zero-order chi connectivity index (χ0) is 13.7. The van der Waals surface area contributed by atoms with E-state index < -0.39 is 32.2 Å². The standard InChI is InChI=1S/C9H10FN2O2P.2CH3.Sb/c10-6-3-5(11)4-7(15)8(6)9(14)12-1-2-13;;;/h2-4H,1,15H2,(H3,11,12,14);2*1H3;/q;;;+1/p-1. The Balaban J connectivity index is 3.00. The summed E-state index contributed by atoms with van der Waals surface area (Å²) in [6.07, 6.45) is 0.556. The Morgan fingerprint density at radius 2 is 2.17 bits per heavy atom. The van der Waals surface area contributed by atoms with Crippen LogP contribution in [0.5, 0.6) is 0 Å². The second-order valence-corrected chi connectivity index (χ2v) is 10.2. The quantitative estimate of drug-likeness (QED) is 0.455. The third-order valence-electron chi connectivity index (χ3n) is 2.05. The van der Waals surface area contributed by atoms with Crippen molar-refractivity contribution in [2.45, 2.75) is 9.74 Å². The second kappa shape index (κ2) is 7.06. The fourth-order valence-electron chi connectivity index (χ4n) is 1.41. The van der Waals surface area contributed by atoms with Gasteiger partial charge in [-0.2, -0.15) is 0 Å². The van der Waals surface area contributed by atoms with Gasteiger partial charge in [0.1, 0.15) is 0 Å². The molecule has 2 N–H and O–H groups in total. The van der Waals surface area contributed by atoms with Crippen molar-refractivity contribution in [3.63, 3.8) is 0 Å². The summed E-state index contributed by atoms with van der Waals surface area (Å²) < 4.78 is 17.1. The van der Waals surface area contributed by atoms with Crippen molar-refractivity contribution < 1.29 is 14.0 Å². The number of hydrogen-bond acceptors (Lipinski definition) is 3. The first-order valence-electron chi connectivity index (χ1n) is 5.20. The molecule has 0 heterocycles. The Morgan fingerprint density at radius 1 is 1.50 bits per heavy atom. The van der Waals surface area contributed by atoms with Crippen LogP contribution in [-0.2, 0) is 4.79 Å². The number of carbonyl (C=O) groups excluding carboxylic acids is 2. The Kier molecular flexibility index (Phi) is 6.04. The van der Waals surface area contributed by atoms with Gasteiger partial charge >= 0.3 is 115 Å². The maximum atomic E-state index is 13.9. The third-order valence-corrected chi connectivity index (χ3v) is 4.52. The topological polar surface area (TPSA) is 58.2 Å². The molecule has 0 aliphatic rings. The summed E-state index contributed by atoms with van der Waals surface area (Å²) in [7, 11) is 2.34. The molecule has 0 spiro atoms. The van der Waals surface area contributed by atoms with E-state index in [0.29, 0.717) is 17.3 Å². The summed E-state index contributed by atoms with van der Waals surface area (Å²) in [5, 5.41) is 2.80. The van der Waals surface area contributed by atoms with E-state index >= 15 is 0 Å². The molecule has 1 aromatic rings. The van der Waals surface area contributed by atoms with Gasteiger partial charge in [0.05, 0.1) is 0 Å². The van der Waals surface area contributed by atoms with Crippen LogP contribution >= 0.6 is 9.24 Å². The number of rotatable bonds is 5. The number of amides is 1. The predicted molar refractivity (Wildman–Crippen MR) is 75.2 cm³/mol. The first kappa shape index (κ1) is 15.4. The molecule has 4 nitrogen and oxygen atoms in total. The summed E-state index contributed by atoms with van der Waals surface area (Å²) in [5.41, 5.74) is 0.653. The monoisotopic (exact) mass is 378 g/mol. The van der Waals surface area contributed by atoms with Crippen molar-refractivity contribution >= 4 is 52.9 Å². The first-order chi connectivity index (χ1) is 8.45. The van der Waals surface area contributed by atoms with Gasteiger partial charge in [0.25, 0.3) is 0 Å². The van der Waals surface area contributed by atoms with Crippen LogP contribution in [0, 0.1) is 5.82 Å². The van der Waals surface area contributed by atoms with Gasteiger partial charge in [-0.1, -0.05) is 0 Å². The summed E-state index contributed by atoms with van der Waals surface area (Å²) in [6.45, 7) is -0.122. The molecule has 0 bridgehead atoms. The Morgan fingerprint density at radius 3 is 2.67 bits per heavy atom. The van der Waals surface area contributed by atoms with Gasteiger partial charge in [0.15, 0.2) is 0 Å². The number of anilines is 1. The van der Waals surface area contributed by atoms with Crippen LogP contribution < -0.4 is 14.1 Å². The molecule has 0 aliphatic heterocycles. The van der Waals surface area contributed by atoms with Gasteiger partial charge < -0.3 is 0 Å². The van der Waals surface area contributed by atoms with E-state index in [9.17, 15) is 14.0 Å². The van der Waals surface area contributed by atoms with E-state index in [1.165, 1.54) is 6.07 Å². The fraction of sp³-hybridized carbons (Fsp3) is 0.273. The first-order valence-corrected chi connectivity index (χ1v) is 12.2. The van der Waals surface area contributed by atoms with Crippen molar-refractivity contribution in [3.05, 3.63) is 23.5 Å². The number of nitrogens with one attached hydrogen (secondary N) is 2. The van der Waals surface area contributed by atoms with Crippen molar-refractivity contribution in [2.75, 3.05) is 10.0 Å². The van der Waals surface area contributed by atoms with Gasteiger partial charge in [0.2, 0.25) is 0 Å². The minimum absolute atomic E-state index is 0.0387. The van der Waals surface area contributed by atoms with Crippen LogP contribution in [0.2, 0.25) is 9.74 Å². The van der Waals surface area contributed by atoms with Crippen LogP contribution in [-0.4, -0.2) is 39.2 Å². The number of benzene rings is 1. The molecule has 0 saturated carbocycles. The third kappa shape index (κ3) is 4.22. The molecule has 1 unspecified atom stereocenters. The zero-order valence-electron chi connectivity index (χ0n) is 10.2. The molecule has 1 amide bonds. The van der Waals surface area contributed by atoms with Crippen LogP contribution in [0.4, 0.5) is 10.1 Å². The van der Waals surface area contributed by atoms with E-state index in [1.54, 1.807) is 6.07 Å². The van der Waals surface area contributed by atoms with Gasteiger partial charge in [-0.25, -0.2) is 0 Å². The summed E-state index contributed by atoms with van der Waals surface area (Å²) in [4.78, 5) is 26.1. The molecule has 1 rings (SSSR count). The minimum atomic E-state index is -1.47. The number of hydrogen-bond donors (Lipinski definition) is 2. The molecule has 0 saturated heterocycles. The van der Waals surface area contributed by atoms with Crippen LogP contribution in [0.25, 0.3) is 0 Å². The average Bonchev–Trinajstić information content (AvgIpc) is 2.24. The van der Waals surface area contributed by atoms with E-state index in [2.05, 4.69) is 27.8 Å². The van der Waals surface area contributed by atoms with Crippen molar-refractivity contribution in [1.82, 2.24) is 5.32 Å². The molecule has 0 aromatic heterocycles. The van der Waals surface area contributed by atoms with Gasteiger partial charge in [0, 0.05) is 0 Å². The molecule has 0 fully saturated rings. The van der Waals surface area contributed by atoms with E-state index in [-0.39, 0.29) is 12.1 Å². The second-order valence-electron chi connectivity index (χ2n) is 3.81. The number of aldehydes is 1. The molecule has 18 heavy (non-hydrogen) atoms. The molecule has 0 aliphatic carbocycles. The summed E-state index contributed by atoms with van der Waals surface area (Å²) in [5.74, 6) is -1.17. The summed E-state index contributed by atoms with van der Waals surface area (Å²) in [6, 6.07) is 3.03. The van der Waals surface area contributed by atoms with Crippen LogP contribution in [0.15, 0.2) is 12.1 Å². The van der Waals surface area contributed by atoms with Gasteiger partial charge in [-0.3, -0.25) is 0 Å².